The Bertz CT molecular complexity index is 585. The highest BCUT2D eigenvalue weighted by atomic mass is 35.5. The predicted octanol–water partition coefficient (Wildman–Crippen LogP) is 1.81. The molecule has 2 N–H and O–H groups in total. The van der Waals surface area contributed by atoms with Gasteiger partial charge in [0.05, 0.1) is 5.56 Å². The van der Waals surface area contributed by atoms with Gasteiger partial charge in [0.15, 0.2) is 0 Å². The van der Waals surface area contributed by atoms with Crippen molar-refractivity contribution >= 4 is 23.4 Å². The summed E-state index contributed by atoms with van der Waals surface area (Å²) < 4.78 is 0. The monoisotopic (exact) mass is 275 g/mol. The average Bonchev–Trinajstić information content (AvgIpc) is 2.46. The summed E-state index contributed by atoms with van der Waals surface area (Å²) in [5.41, 5.74) is 5.37. The van der Waals surface area contributed by atoms with E-state index >= 15 is 0 Å². The fraction of sp³-hybridized carbons (Fsp3) is 0. The molecule has 96 valence electrons. The van der Waals surface area contributed by atoms with Gasteiger partial charge in [0.1, 0.15) is 0 Å². The van der Waals surface area contributed by atoms with Crippen LogP contribution in [0.3, 0.4) is 0 Å². The maximum atomic E-state index is 11.7. The van der Waals surface area contributed by atoms with E-state index in [0.29, 0.717) is 16.1 Å². The van der Waals surface area contributed by atoms with Gasteiger partial charge in [-0.1, -0.05) is 11.6 Å². The van der Waals surface area contributed by atoms with Gasteiger partial charge in [-0.05, 0) is 36.4 Å². The molecule has 0 aliphatic rings. The Morgan fingerprint density at radius 3 is 2.16 bits per heavy atom. The van der Waals surface area contributed by atoms with Gasteiger partial charge in [-0.15, -0.1) is 0 Å². The fourth-order valence-corrected chi connectivity index (χ4v) is 1.48. The summed E-state index contributed by atoms with van der Waals surface area (Å²) in [5, 5.41) is 0.538. The molecule has 6 heteroatoms. The Morgan fingerprint density at radius 1 is 0.947 bits per heavy atom. The smallest absolute Gasteiger partial charge is 0.267 e. The third-order valence-electron chi connectivity index (χ3n) is 2.32. The first-order chi connectivity index (χ1) is 9.16. The molecule has 0 aliphatic heterocycles. The highest BCUT2D eigenvalue weighted by Crippen LogP contribution is 2.09. The van der Waals surface area contributed by atoms with Gasteiger partial charge < -0.3 is 0 Å². The molecule has 0 spiro atoms. The van der Waals surface area contributed by atoms with E-state index in [9.17, 15) is 9.59 Å². The molecule has 1 aromatic carbocycles. The van der Waals surface area contributed by atoms with Gasteiger partial charge in [0, 0.05) is 23.0 Å². The number of carbonyl (C=O) groups excluding carboxylic acids is 2. The van der Waals surface area contributed by atoms with Crippen LogP contribution in [0.5, 0.6) is 0 Å². The number of aromatic nitrogens is 1. The SMILES string of the molecule is O=C(NNC(=O)c1cccnc1)c1ccc(Cl)cc1. The standard InChI is InChI=1S/C13H10ClN3O2/c14-11-5-3-9(4-6-11)12(18)16-17-13(19)10-2-1-7-15-8-10/h1-8H,(H,16,18)(H,17,19). The summed E-state index contributed by atoms with van der Waals surface area (Å²) in [6.45, 7) is 0. The van der Waals surface area contributed by atoms with Crippen LogP contribution in [0.1, 0.15) is 20.7 Å². The van der Waals surface area contributed by atoms with Crippen LogP contribution < -0.4 is 10.9 Å². The van der Waals surface area contributed by atoms with Gasteiger partial charge in [0.25, 0.3) is 11.8 Å². The number of pyridine rings is 1. The first kappa shape index (κ1) is 13.0. The topological polar surface area (TPSA) is 71.1 Å². The second-order valence-electron chi connectivity index (χ2n) is 3.66. The first-order valence-corrected chi connectivity index (χ1v) is 5.81. The molecule has 2 amide bonds. The molecule has 2 aromatic rings. The van der Waals surface area contributed by atoms with Gasteiger partial charge in [0.2, 0.25) is 0 Å². The minimum atomic E-state index is -0.435. The molecule has 1 aromatic heterocycles. The summed E-state index contributed by atoms with van der Waals surface area (Å²) in [7, 11) is 0. The number of halogens is 1. The predicted molar refractivity (Wildman–Crippen MR) is 70.6 cm³/mol. The Kier molecular flexibility index (Phi) is 4.10. The zero-order chi connectivity index (χ0) is 13.7. The minimum absolute atomic E-state index is 0.360. The van der Waals surface area contributed by atoms with E-state index in [-0.39, 0.29) is 0 Å². The third kappa shape index (κ3) is 3.53. The zero-order valence-electron chi connectivity index (χ0n) is 9.76. The van der Waals surface area contributed by atoms with Crippen molar-refractivity contribution in [2.24, 2.45) is 0 Å². The van der Waals surface area contributed by atoms with Crippen LogP contribution in [0, 0.1) is 0 Å². The van der Waals surface area contributed by atoms with Gasteiger partial charge in [-0.3, -0.25) is 25.4 Å². The van der Waals surface area contributed by atoms with Gasteiger partial charge in [-0.2, -0.15) is 0 Å². The number of nitrogens with zero attached hydrogens (tertiary/aromatic N) is 1. The number of amides is 2. The van der Waals surface area contributed by atoms with E-state index in [4.69, 9.17) is 11.6 Å². The van der Waals surface area contributed by atoms with Crippen LogP contribution >= 0.6 is 11.6 Å². The van der Waals surface area contributed by atoms with Gasteiger partial charge in [-0.25, -0.2) is 0 Å². The molecule has 5 nitrogen and oxygen atoms in total. The molecule has 2 rings (SSSR count). The lowest BCUT2D eigenvalue weighted by atomic mass is 10.2. The van der Waals surface area contributed by atoms with Crippen LogP contribution in [-0.4, -0.2) is 16.8 Å². The Hall–Kier alpha value is -2.40. The maximum Gasteiger partial charge on any atom is 0.271 e. The number of hydrazine groups is 1. The van der Waals surface area contributed by atoms with Gasteiger partial charge >= 0.3 is 0 Å². The molecular formula is C13H10ClN3O2. The molecule has 0 saturated heterocycles. The van der Waals surface area contributed by atoms with Crippen molar-refractivity contribution in [1.82, 2.24) is 15.8 Å². The van der Waals surface area contributed by atoms with E-state index in [1.165, 1.54) is 6.20 Å². The summed E-state index contributed by atoms with van der Waals surface area (Å²) >= 11 is 5.72. The third-order valence-corrected chi connectivity index (χ3v) is 2.57. The number of nitrogens with one attached hydrogen (secondary N) is 2. The van der Waals surface area contributed by atoms with Crippen molar-refractivity contribution in [3.8, 4) is 0 Å². The average molecular weight is 276 g/mol. The quantitative estimate of drug-likeness (QED) is 0.821. The summed E-state index contributed by atoms with van der Waals surface area (Å²) in [5.74, 6) is -0.857. The number of carbonyl (C=O) groups is 2. The minimum Gasteiger partial charge on any atom is -0.267 e. The van der Waals surface area contributed by atoms with Crippen LogP contribution in [0.4, 0.5) is 0 Å². The number of hydrogen-bond acceptors (Lipinski definition) is 3. The lowest BCUT2D eigenvalue weighted by Crippen LogP contribution is -2.41. The summed E-state index contributed by atoms with van der Waals surface area (Å²) in [6, 6.07) is 9.55. The number of rotatable bonds is 2. The van der Waals surface area contributed by atoms with E-state index in [1.807, 2.05) is 0 Å². The summed E-state index contributed by atoms with van der Waals surface area (Å²) in [4.78, 5) is 27.2. The molecule has 1 heterocycles. The molecule has 0 saturated carbocycles. The van der Waals surface area contributed by atoms with Crippen LogP contribution in [0.15, 0.2) is 48.8 Å². The molecule has 0 radical (unpaired) electrons. The van der Waals surface area contributed by atoms with Crippen molar-refractivity contribution in [2.45, 2.75) is 0 Å². The van der Waals surface area contributed by atoms with Crippen molar-refractivity contribution < 1.29 is 9.59 Å². The lowest BCUT2D eigenvalue weighted by Gasteiger charge is -2.07. The Labute approximate surface area is 114 Å². The molecule has 19 heavy (non-hydrogen) atoms. The summed E-state index contributed by atoms with van der Waals surface area (Å²) in [6.07, 6.45) is 2.97. The first-order valence-electron chi connectivity index (χ1n) is 5.43. The zero-order valence-corrected chi connectivity index (χ0v) is 10.5. The number of benzene rings is 1. The maximum absolute atomic E-state index is 11.7. The van der Waals surface area contributed by atoms with Crippen LogP contribution in [0.2, 0.25) is 5.02 Å². The van der Waals surface area contributed by atoms with E-state index in [0.717, 1.165) is 0 Å². The van der Waals surface area contributed by atoms with Crippen molar-refractivity contribution in [2.75, 3.05) is 0 Å². The molecule has 0 bridgehead atoms. The molecule has 0 aliphatic carbocycles. The van der Waals surface area contributed by atoms with Crippen molar-refractivity contribution in [1.29, 1.82) is 0 Å². The molecule has 0 fully saturated rings. The number of hydrogen-bond donors (Lipinski definition) is 2. The second kappa shape index (κ2) is 5.97. The Morgan fingerprint density at radius 2 is 1.58 bits per heavy atom. The van der Waals surface area contributed by atoms with E-state index in [2.05, 4.69) is 15.8 Å². The largest absolute Gasteiger partial charge is 0.271 e. The molecular weight excluding hydrogens is 266 g/mol. The highest BCUT2D eigenvalue weighted by Gasteiger charge is 2.08. The Balaban J connectivity index is 1.94. The van der Waals surface area contributed by atoms with E-state index in [1.54, 1.807) is 42.6 Å². The van der Waals surface area contributed by atoms with Crippen molar-refractivity contribution in [3.63, 3.8) is 0 Å². The molecule has 0 atom stereocenters. The normalized spacial score (nSPS) is 9.74. The second-order valence-corrected chi connectivity index (χ2v) is 4.09. The fourth-order valence-electron chi connectivity index (χ4n) is 1.36. The lowest BCUT2D eigenvalue weighted by molar-refractivity contribution is 0.0846. The van der Waals surface area contributed by atoms with Crippen LogP contribution in [0.25, 0.3) is 0 Å². The van der Waals surface area contributed by atoms with Crippen LogP contribution in [-0.2, 0) is 0 Å². The van der Waals surface area contributed by atoms with Crippen molar-refractivity contribution in [3.05, 3.63) is 64.9 Å². The van der Waals surface area contributed by atoms with E-state index < -0.39 is 11.8 Å². The molecule has 0 unspecified atom stereocenters. The highest BCUT2D eigenvalue weighted by molar-refractivity contribution is 6.30.